The number of halogens is 1. The molecule has 2 rings (SSSR count). The van der Waals surface area contributed by atoms with Gasteiger partial charge >= 0.3 is 0 Å². The average molecular weight is 243 g/mol. The van der Waals surface area contributed by atoms with Gasteiger partial charge in [-0.05, 0) is 48.7 Å². The molecule has 0 N–H and O–H groups in total. The second-order valence-corrected chi connectivity index (χ2v) is 4.30. The fraction of sp³-hybridized carbons (Fsp3) is 0.200. The summed E-state index contributed by atoms with van der Waals surface area (Å²) in [6.45, 7) is 1.78. The third kappa shape index (κ3) is 3.23. The molecule has 0 bridgehead atoms. The quantitative estimate of drug-likeness (QED) is 0.771. The van der Waals surface area contributed by atoms with Crippen LogP contribution in [0, 0.1) is 12.7 Å². The van der Waals surface area contributed by atoms with Crippen molar-refractivity contribution in [3.8, 4) is 0 Å². The summed E-state index contributed by atoms with van der Waals surface area (Å²) in [5, 5.41) is 0. The fourth-order valence-electron chi connectivity index (χ4n) is 1.85. The van der Waals surface area contributed by atoms with Crippen LogP contribution in [-0.2, 0) is 6.42 Å². The molecule has 0 unspecified atom stereocenters. The molecule has 0 aliphatic rings. The lowest BCUT2D eigenvalue weighted by Gasteiger charge is -2.03. The van der Waals surface area contributed by atoms with Gasteiger partial charge in [0.15, 0.2) is 5.78 Å². The molecule has 1 aromatic heterocycles. The van der Waals surface area contributed by atoms with Gasteiger partial charge in [-0.2, -0.15) is 0 Å². The first kappa shape index (κ1) is 12.4. The molecule has 0 aliphatic heterocycles. The zero-order valence-electron chi connectivity index (χ0n) is 10.2. The van der Waals surface area contributed by atoms with Crippen LogP contribution in [0.1, 0.15) is 27.9 Å². The van der Waals surface area contributed by atoms with Crippen LogP contribution in [0.4, 0.5) is 4.39 Å². The summed E-state index contributed by atoms with van der Waals surface area (Å²) in [6, 6.07) is 8.19. The Hall–Kier alpha value is -2.03. The third-order valence-electron chi connectivity index (χ3n) is 2.73. The van der Waals surface area contributed by atoms with E-state index in [1.807, 2.05) is 12.1 Å². The smallest absolute Gasteiger partial charge is 0.163 e. The van der Waals surface area contributed by atoms with Gasteiger partial charge in [-0.1, -0.05) is 6.07 Å². The van der Waals surface area contributed by atoms with Crippen LogP contribution in [0.5, 0.6) is 0 Å². The van der Waals surface area contributed by atoms with Crippen molar-refractivity contribution in [3.63, 3.8) is 0 Å². The molecule has 2 aromatic rings. The summed E-state index contributed by atoms with van der Waals surface area (Å²) in [7, 11) is 0. The Morgan fingerprint density at radius 2 is 2.17 bits per heavy atom. The van der Waals surface area contributed by atoms with Gasteiger partial charge in [0.2, 0.25) is 0 Å². The van der Waals surface area contributed by atoms with Crippen molar-refractivity contribution in [3.05, 3.63) is 65.2 Å². The number of aromatic nitrogens is 1. The van der Waals surface area contributed by atoms with E-state index >= 15 is 0 Å². The number of rotatable bonds is 4. The highest BCUT2D eigenvalue weighted by Crippen LogP contribution is 2.12. The maximum atomic E-state index is 13.2. The second-order valence-electron chi connectivity index (χ2n) is 4.30. The van der Waals surface area contributed by atoms with E-state index < -0.39 is 0 Å². The number of ketones is 1. The number of carbonyl (C=O) groups excluding carboxylic acids is 1. The standard InChI is InChI=1S/C15H14FNO/c1-11-7-13(9-14(16)8-11)15(18)5-4-12-3-2-6-17-10-12/h2-3,6-10H,4-5H2,1H3. The van der Waals surface area contributed by atoms with Crippen LogP contribution < -0.4 is 0 Å². The largest absolute Gasteiger partial charge is 0.294 e. The molecule has 0 saturated carbocycles. The minimum atomic E-state index is -0.361. The summed E-state index contributed by atoms with van der Waals surface area (Å²) in [6.07, 6.45) is 4.43. The van der Waals surface area contributed by atoms with E-state index in [9.17, 15) is 9.18 Å². The molecule has 3 heteroatoms. The van der Waals surface area contributed by atoms with Gasteiger partial charge in [0.05, 0.1) is 0 Å². The maximum absolute atomic E-state index is 13.2. The lowest BCUT2D eigenvalue weighted by molar-refractivity contribution is 0.0982. The number of benzene rings is 1. The number of carbonyl (C=O) groups is 1. The number of Topliss-reactive ketones (excluding diaryl/α,β-unsaturated/α-hetero) is 1. The molecule has 0 aliphatic carbocycles. The lowest BCUT2D eigenvalue weighted by atomic mass is 10.0. The van der Waals surface area contributed by atoms with E-state index in [4.69, 9.17) is 0 Å². The van der Waals surface area contributed by atoms with E-state index in [-0.39, 0.29) is 11.6 Å². The highest BCUT2D eigenvalue weighted by Gasteiger charge is 2.08. The third-order valence-corrected chi connectivity index (χ3v) is 2.73. The molecule has 2 nitrogen and oxygen atoms in total. The minimum Gasteiger partial charge on any atom is -0.294 e. The average Bonchev–Trinajstić information content (AvgIpc) is 2.36. The van der Waals surface area contributed by atoms with Gasteiger partial charge in [-0.15, -0.1) is 0 Å². The normalized spacial score (nSPS) is 10.3. The predicted octanol–water partition coefficient (Wildman–Crippen LogP) is 3.34. The van der Waals surface area contributed by atoms with Gasteiger partial charge in [0.25, 0.3) is 0 Å². The summed E-state index contributed by atoms with van der Waals surface area (Å²) >= 11 is 0. The molecule has 18 heavy (non-hydrogen) atoms. The first-order chi connectivity index (χ1) is 8.65. The monoisotopic (exact) mass is 243 g/mol. The van der Waals surface area contributed by atoms with Crippen LogP contribution in [0.25, 0.3) is 0 Å². The number of pyridine rings is 1. The Morgan fingerprint density at radius 3 is 2.83 bits per heavy atom. The zero-order valence-corrected chi connectivity index (χ0v) is 10.2. The van der Waals surface area contributed by atoms with Gasteiger partial charge in [-0.25, -0.2) is 4.39 Å². The van der Waals surface area contributed by atoms with Crippen molar-refractivity contribution in [2.24, 2.45) is 0 Å². The van der Waals surface area contributed by atoms with Gasteiger partial charge in [0.1, 0.15) is 5.82 Å². The van der Waals surface area contributed by atoms with Crippen LogP contribution in [0.3, 0.4) is 0 Å². The maximum Gasteiger partial charge on any atom is 0.163 e. The number of nitrogens with zero attached hydrogens (tertiary/aromatic N) is 1. The van der Waals surface area contributed by atoms with E-state index in [2.05, 4.69) is 4.98 Å². The summed E-state index contributed by atoms with van der Waals surface area (Å²) in [4.78, 5) is 15.9. The number of hydrogen-bond donors (Lipinski definition) is 0. The highest BCUT2D eigenvalue weighted by molar-refractivity contribution is 5.96. The topological polar surface area (TPSA) is 30.0 Å². The fourth-order valence-corrected chi connectivity index (χ4v) is 1.85. The lowest BCUT2D eigenvalue weighted by Crippen LogP contribution is -2.02. The van der Waals surface area contributed by atoms with Crippen LogP contribution in [-0.4, -0.2) is 10.8 Å². The van der Waals surface area contributed by atoms with Crippen molar-refractivity contribution in [1.29, 1.82) is 0 Å². The molecule has 0 fully saturated rings. The van der Waals surface area contributed by atoms with Crippen LogP contribution in [0.2, 0.25) is 0 Å². The van der Waals surface area contributed by atoms with Crippen LogP contribution in [0.15, 0.2) is 42.7 Å². The van der Waals surface area contributed by atoms with E-state index in [1.165, 1.54) is 12.1 Å². The zero-order chi connectivity index (χ0) is 13.0. The Morgan fingerprint density at radius 1 is 1.33 bits per heavy atom. The van der Waals surface area contributed by atoms with Crippen molar-refractivity contribution >= 4 is 5.78 Å². The Bertz CT molecular complexity index is 531. The van der Waals surface area contributed by atoms with Gasteiger partial charge < -0.3 is 0 Å². The highest BCUT2D eigenvalue weighted by atomic mass is 19.1. The van der Waals surface area contributed by atoms with Gasteiger partial charge in [0, 0.05) is 24.4 Å². The molecule has 0 radical (unpaired) electrons. The minimum absolute atomic E-state index is 0.0403. The Balaban J connectivity index is 2.04. The molecule has 0 atom stereocenters. The first-order valence-corrected chi connectivity index (χ1v) is 5.84. The number of hydrogen-bond acceptors (Lipinski definition) is 2. The van der Waals surface area contributed by atoms with E-state index in [1.54, 1.807) is 25.4 Å². The van der Waals surface area contributed by atoms with Crippen molar-refractivity contribution in [2.75, 3.05) is 0 Å². The predicted molar refractivity (Wildman–Crippen MR) is 68.0 cm³/mol. The number of aryl methyl sites for hydroxylation is 2. The van der Waals surface area contributed by atoms with Crippen molar-refractivity contribution in [1.82, 2.24) is 4.98 Å². The summed E-state index contributed by atoms with van der Waals surface area (Å²) < 4.78 is 13.2. The Labute approximate surface area is 105 Å². The SMILES string of the molecule is Cc1cc(F)cc(C(=O)CCc2cccnc2)c1. The Kier molecular flexibility index (Phi) is 3.82. The molecule has 1 heterocycles. The van der Waals surface area contributed by atoms with Crippen molar-refractivity contribution < 1.29 is 9.18 Å². The van der Waals surface area contributed by atoms with E-state index in [0.717, 1.165) is 11.1 Å². The first-order valence-electron chi connectivity index (χ1n) is 5.84. The molecule has 0 spiro atoms. The molecule has 0 amide bonds. The molecule has 0 saturated heterocycles. The molecular formula is C15H14FNO. The molecular weight excluding hydrogens is 229 g/mol. The molecule has 92 valence electrons. The summed E-state index contributed by atoms with van der Waals surface area (Å²) in [5.41, 5.74) is 2.22. The summed E-state index contributed by atoms with van der Waals surface area (Å²) in [5.74, 6) is -0.402. The van der Waals surface area contributed by atoms with Gasteiger partial charge in [-0.3, -0.25) is 9.78 Å². The second kappa shape index (κ2) is 5.54. The van der Waals surface area contributed by atoms with Crippen molar-refractivity contribution in [2.45, 2.75) is 19.8 Å². The van der Waals surface area contributed by atoms with E-state index in [0.29, 0.717) is 18.4 Å². The van der Waals surface area contributed by atoms with Crippen LogP contribution >= 0.6 is 0 Å². The molecule has 1 aromatic carbocycles.